The molecular weight excluding hydrogens is 481 g/mol. The molecule has 0 aliphatic carbocycles. The van der Waals surface area contributed by atoms with Gasteiger partial charge in [-0.1, -0.05) is 12.1 Å². The summed E-state index contributed by atoms with van der Waals surface area (Å²) in [6.45, 7) is 9.01. The zero-order chi connectivity index (χ0) is 19.9. The topological polar surface area (TPSA) is 64.1 Å². The summed E-state index contributed by atoms with van der Waals surface area (Å²) in [5.41, 5.74) is 1.23. The maximum atomic E-state index is 5.88. The number of nitrogens with zero attached hydrogens (tertiary/aromatic N) is 1. The molecule has 0 saturated carbocycles. The van der Waals surface area contributed by atoms with Gasteiger partial charge in [-0.05, 0) is 57.2 Å². The van der Waals surface area contributed by atoms with Crippen molar-refractivity contribution in [2.75, 3.05) is 46.6 Å². The Bertz CT molecular complexity index is 639. The minimum atomic E-state index is -0.130. The number of ether oxygens (including phenoxy) is 3. The first kappa shape index (κ1) is 24.2. The highest BCUT2D eigenvalue weighted by Gasteiger charge is 2.35. The summed E-state index contributed by atoms with van der Waals surface area (Å²) in [5, 5.41) is 6.98. The zero-order valence-electron chi connectivity index (χ0n) is 18.0. The quantitative estimate of drug-likeness (QED) is 0.330. The second-order valence-electron chi connectivity index (χ2n) is 8.07. The summed E-state index contributed by atoms with van der Waals surface area (Å²) in [5.74, 6) is 1.75. The van der Waals surface area contributed by atoms with E-state index in [0.29, 0.717) is 6.54 Å². The lowest BCUT2D eigenvalue weighted by molar-refractivity contribution is 0.0283. The number of methoxy groups -OCH3 is 1. The van der Waals surface area contributed by atoms with Gasteiger partial charge in [-0.15, -0.1) is 24.0 Å². The zero-order valence-corrected chi connectivity index (χ0v) is 20.3. The maximum absolute atomic E-state index is 5.88. The molecule has 6 nitrogen and oxygen atoms in total. The van der Waals surface area contributed by atoms with Crippen LogP contribution in [0.4, 0.5) is 0 Å². The molecule has 0 amide bonds. The first-order valence-electron chi connectivity index (χ1n) is 10.5. The summed E-state index contributed by atoms with van der Waals surface area (Å²) < 4.78 is 16.9. The van der Waals surface area contributed by atoms with Crippen molar-refractivity contribution in [3.8, 4) is 5.75 Å². The summed E-state index contributed by atoms with van der Waals surface area (Å²) in [7, 11) is 1.70. The molecule has 2 saturated heterocycles. The molecule has 2 heterocycles. The Hall–Kier alpha value is -1.06. The minimum absolute atomic E-state index is 0. The second-order valence-corrected chi connectivity index (χ2v) is 8.07. The van der Waals surface area contributed by atoms with Crippen molar-refractivity contribution in [1.82, 2.24) is 10.6 Å². The van der Waals surface area contributed by atoms with E-state index in [9.17, 15) is 0 Å². The molecule has 0 aromatic heterocycles. The van der Waals surface area contributed by atoms with Gasteiger partial charge in [0.15, 0.2) is 5.96 Å². The van der Waals surface area contributed by atoms with Crippen molar-refractivity contribution in [3.05, 3.63) is 29.8 Å². The van der Waals surface area contributed by atoms with Crippen LogP contribution in [0.25, 0.3) is 0 Å². The van der Waals surface area contributed by atoms with Crippen molar-refractivity contribution < 1.29 is 14.2 Å². The fourth-order valence-corrected chi connectivity index (χ4v) is 4.08. The lowest BCUT2D eigenvalue weighted by atomic mass is 9.74. The summed E-state index contributed by atoms with van der Waals surface area (Å²) >= 11 is 0. The van der Waals surface area contributed by atoms with Gasteiger partial charge < -0.3 is 24.8 Å². The van der Waals surface area contributed by atoms with E-state index in [0.717, 1.165) is 70.3 Å². The van der Waals surface area contributed by atoms with E-state index in [1.165, 1.54) is 5.56 Å². The Morgan fingerprint density at radius 3 is 2.41 bits per heavy atom. The van der Waals surface area contributed by atoms with E-state index in [4.69, 9.17) is 19.2 Å². The van der Waals surface area contributed by atoms with Crippen molar-refractivity contribution in [3.63, 3.8) is 0 Å². The number of guanidine groups is 1. The molecule has 7 heteroatoms. The van der Waals surface area contributed by atoms with Crippen LogP contribution in [0.1, 0.15) is 45.1 Å². The normalized spacial score (nSPS) is 23.9. The standard InChI is InChI=1S/C22H35N3O3.HI/c1-4-23-20(24-16-21(2)10-5-13-28-21)25-17-22(11-14-27-15-12-22)18-6-8-19(26-3)9-7-18;/h6-9H,4-5,10-17H2,1-3H3,(H2,23,24,25);1H. The average Bonchev–Trinajstić information content (AvgIpc) is 3.17. The predicted molar refractivity (Wildman–Crippen MR) is 128 cm³/mol. The highest BCUT2D eigenvalue weighted by atomic mass is 127. The molecule has 1 atom stereocenters. The number of rotatable bonds is 7. The third kappa shape index (κ3) is 6.46. The van der Waals surface area contributed by atoms with E-state index in [1.807, 2.05) is 12.1 Å². The Labute approximate surface area is 192 Å². The molecule has 2 fully saturated rings. The Balaban J connectivity index is 0.00000300. The number of hydrogen-bond acceptors (Lipinski definition) is 4. The fraction of sp³-hybridized carbons (Fsp3) is 0.682. The summed E-state index contributed by atoms with van der Waals surface area (Å²) in [6, 6.07) is 8.46. The molecule has 2 aliphatic heterocycles. The highest BCUT2D eigenvalue weighted by molar-refractivity contribution is 14.0. The molecule has 3 rings (SSSR count). The van der Waals surface area contributed by atoms with Crippen molar-refractivity contribution in [2.45, 2.75) is 50.5 Å². The molecule has 2 N–H and O–H groups in total. The van der Waals surface area contributed by atoms with E-state index < -0.39 is 0 Å². The third-order valence-electron chi connectivity index (χ3n) is 5.96. The van der Waals surface area contributed by atoms with Gasteiger partial charge in [0.2, 0.25) is 0 Å². The van der Waals surface area contributed by atoms with Gasteiger partial charge in [0.1, 0.15) is 5.75 Å². The lowest BCUT2D eigenvalue weighted by Gasteiger charge is -2.38. The number of aliphatic imine (C=N–C) groups is 1. The van der Waals surface area contributed by atoms with E-state index >= 15 is 0 Å². The first-order valence-corrected chi connectivity index (χ1v) is 10.5. The molecule has 1 aromatic carbocycles. The van der Waals surface area contributed by atoms with Gasteiger partial charge >= 0.3 is 0 Å². The highest BCUT2D eigenvalue weighted by Crippen LogP contribution is 2.35. The monoisotopic (exact) mass is 517 g/mol. The predicted octanol–water partition coefficient (Wildman–Crippen LogP) is 3.49. The van der Waals surface area contributed by atoms with Crippen LogP contribution >= 0.6 is 24.0 Å². The van der Waals surface area contributed by atoms with Crippen LogP contribution in [0.2, 0.25) is 0 Å². The van der Waals surface area contributed by atoms with Crippen LogP contribution in [0, 0.1) is 0 Å². The first-order chi connectivity index (χ1) is 13.6. The average molecular weight is 517 g/mol. The van der Waals surface area contributed by atoms with Crippen LogP contribution in [-0.4, -0.2) is 58.1 Å². The van der Waals surface area contributed by atoms with Crippen LogP contribution < -0.4 is 15.4 Å². The molecule has 2 aliphatic rings. The summed E-state index contributed by atoms with van der Waals surface area (Å²) in [4.78, 5) is 4.82. The molecule has 0 bridgehead atoms. The Morgan fingerprint density at radius 1 is 1.10 bits per heavy atom. The van der Waals surface area contributed by atoms with Crippen molar-refractivity contribution in [1.29, 1.82) is 0 Å². The summed E-state index contributed by atoms with van der Waals surface area (Å²) in [6.07, 6.45) is 4.18. The van der Waals surface area contributed by atoms with Crippen molar-refractivity contribution >= 4 is 29.9 Å². The molecular formula is C22H36IN3O3. The molecule has 0 radical (unpaired) electrons. The smallest absolute Gasteiger partial charge is 0.191 e. The second kappa shape index (κ2) is 11.4. The molecule has 0 spiro atoms. The third-order valence-corrected chi connectivity index (χ3v) is 5.96. The van der Waals surface area contributed by atoms with E-state index in [1.54, 1.807) is 7.11 Å². The largest absolute Gasteiger partial charge is 0.497 e. The van der Waals surface area contributed by atoms with Crippen LogP contribution in [0.15, 0.2) is 29.3 Å². The fourth-order valence-electron chi connectivity index (χ4n) is 4.08. The number of nitrogens with one attached hydrogen (secondary N) is 2. The SMILES string of the molecule is CCNC(=NCC1(C)CCCO1)NCC1(c2ccc(OC)cc2)CCOCC1.I. The molecule has 1 aromatic rings. The van der Waals surface area contributed by atoms with Crippen LogP contribution in [0.3, 0.4) is 0 Å². The minimum Gasteiger partial charge on any atom is -0.497 e. The van der Waals surface area contributed by atoms with Gasteiger partial charge in [0.25, 0.3) is 0 Å². The number of halogens is 1. The van der Waals surface area contributed by atoms with E-state index in [-0.39, 0.29) is 35.0 Å². The Morgan fingerprint density at radius 2 is 1.83 bits per heavy atom. The van der Waals surface area contributed by atoms with Crippen LogP contribution in [0.5, 0.6) is 5.75 Å². The maximum Gasteiger partial charge on any atom is 0.191 e. The van der Waals surface area contributed by atoms with E-state index in [2.05, 4.69) is 36.6 Å². The molecule has 164 valence electrons. The molecule has 1 unspecified atom stereocenters. The molecule has 29 heavy (non-hydrogen) atoms. The van der Waals surface area contributed by atoms with Gasteiger partial charge in [0, 0.05) is 38.3 Å². The number of hydrogen-bond donors (Lipinski definition) is 2. The lowest BCUT2D eigenvalue weighted by Crippen LogP contribution is -2.48. The van der Waals surface area contributed by atoms with Gasteiger partial charge in [-0.25, -0.2) is 0 Å². The van der Waals surface area contributed by atoms with Gasteiger partial charge in [-0.3, -0.25) is 4.99 Å². The number of benzene rings is 1. The van der Waals surface area contributed by atoms with Crippen molar-refractivity contribution in [2.24, 2.45) is 4.99 Å². The van der Waals surface area contributed by atoms with Crippen LogP contribution in [-0.2, 0) is 14.9 Å². The Kier molecular flexibility index (Phi) is 9.49. The van der Waals surface area contributed by atoms with Gasteiger partial charge in [0.05, 0.1) is 19.3 Å². The van der Waals surface area contributed by atoms with Gasteiger partial charge in [-0.2, -0.15) is 0 Å².